The van der Waals surface area contributed by atoms with Gasteiger partial charge in [-0.2, -0.15) is 0 Å². The monoisotopic (exact) mass is 587 g/mol. The molecule has 42 heavy (non-hydrogen) atoms. The Morgan fingerprint density at radius 2 is 1.88 bits per heavy atom. The van der Waals surface area contributed by atoms with Crippen LogP contribution >= 0.6 is 0 Å². The van der Waals surface area contributed by atoms with E-state index in [4.69, 9.17) is 0 Å². The molecule has 13 heteroatoms. The number of piperazine rings is 1. The third-order valence-electron chi connectivity index (χ3n) is 8.46. The fourth-order valence-corrected chi connectivity index (χ4v) is 6.10. The van der Waals surface area contributed by atoms with Crippen LogP contribution in [0.25, 0.3) is 16.7 Å². The molecular weight excluding hydrogens is 549 g/mol. The number of imidazole rings is 1. The maximum absolute atomic E-state index is 14.1. The number of benzene rings is 1. The second-order valence-electron chi connectivity index (χ2n) is 11.4. The van der Waals surface area contributed by atoms with E-state index in [-0.39, 0.29) is 17.9 Å². The van der Waals surface area contributed by atoms with E-state index in [1.54, 1.807) is 19.1 Å². The summed E-state index contributed by atoms with van der Waals surface area (Å²) in [5.41, 5.74) is 0.808. The average molecular weight is 588 g/mol. The molecule has 1 saturated heterocycles. The summed E-state index contributed by atoms with van der Waals surface area (Å²) in [5.74, 6) is -3.55. The fourth-order valence-electron chi connectivity index (χ4n) is 6.10. The van der Waals surface area contributed by atoms with Gasteiger partial charge in [-0.05, 0) is 57.2 Å². The number of ether oxygens (including phenoxy) is 1. The number of alkyl carbamates (subject to hydrolysis) is 1. The normalized spacial score (nSPS) is 23.5. The van der Waals surface area contributed by atoms with Crippen molar-refractivity contribution in [3.05, 3.63) is 29.6 Å². The molecule has 0 spiro atoms. The highest BCUT2D eigenvalue weighted by Gasteiger charge is 2.41. The molecule has 4 rings (SSSR count). The molecule has 0 bridgehead atoms. The van der Waals surface area contributed by atoms with Gasteiger partial charge in [0.15, 0.2) is 5.82 Å². The number of carboxylic acids is 2. The van der Waals surface area contributed by atoms with Gasteiger partial charge in [0.1, 0.15) is 12.4 Å². The van der Waals surface area contributed by atoms with Crippen molar-refractivity contribution in [2.75, 3.05) is 44.9 Å². The number of ketones is 1. The lowest BCUT2D eigenvalue weighted by atomic mass is 9.71. The molecule has 2 aromatic rings. The summed E-state index contributed by atoms with van der Waals surface area (Å²) in [6.45, 7) is 7.55. The largest absolute Gasteiger partial charge is 0.478 e. The Morgan fingerprint density at radius 3 is 2.45 bits per heavy atom. The van der Waals surface area contributed by atoms with E-state index in [9.17, 15) is 33.8 Å². The number of carbonyl (C=O) groups is 4. The summed E-state index contributed by atoms with van der Waals surface area (Å²) in [6, 6.07) is 3.39. The van der Waals surface area contributed by atoms with E-state index in [0.717, 1.165) is 15.8 Å². The van der Waals surface area contributed by atoms with E-state index in [1.165, 1.54) is 7.11 Å². The van der Waals surface area contributed by atoms with Crippen LogP contribution in [0.5, 0.6) is 0 Å². The Kier molecular flexibility index (Phi) is 9.19. The van der Waals surface area contributed by atoms with Gasteiger partial charge in [0.25, 0.3) is 0 Å². The highest BCUT2D eigenvalue weighted by molar-refractivity contribution is 6.17. The van der Waals surface area contributed by atoms with Crippen LogP contribution in [0, 0.1) is 12.3 Å². The number of aryl methyl sites for hydroxylation is 1. The zero-order valence-corrected chi connectivity index (χ0v) is 24.4. The van der Waals surface area contributed by atoms with Crippen LogP contribution in [0.1, 0.15) is 55.7 Å². The number of carbonyl (C=O) groups excluding carboxylic acids is 2. The van der Waals surface area contributed by atoms with E-state index in [2.05, 4.69) is 19.9 Å². The van der Waals surface area contributed by atoms with Gasteiger partial charge in [-0.3, -0.25) is 14.3 Å². The molecule has 2 aliphatic rings. The molecule has 228 valence electrons. The predicted octanol–water partition coefficient (Wildman–Crippen LogP) is 3.32. The molecule has 0 unspecified atom stereocenters. The number of methoxy groups -OCH3 is 1. The summed E-state index contributed by atoms with van der Waals surface area (Å²) < 4.78 is 18.8. The summed E-state index contributed by atoms with van der Waals surface area (Å²) in [4.78, 5) is 58.7. The lowest BCUT2D eigenvalue weighted by molar-refractivity contribution is -0.133. The van der Waals surface area contributed by atoms with Gasteiger partial charge in [-0.1, -0.05) is 6.92 Å². The molecule has 3 N–H and O–H groups in total. The van der Waals surface area contributed by atoms with Crippen molar-refractivity contribution >= 4 is 46.2 Å². The zero-order valence-electron chi connectivity index (χ0n) is 24.4. The number of nitrogens with one attached hydrogen (secondary N) is 1. The molecule has 12 nitrogen and oxygen atoms in total. The predicted molar refractivity (Wildman–Crippen MR) is 153 cm³/mol. The summed E-state index contributed by atoms with van der Waals surface area (Å²) >= 11 is 0. The first-order valence-electron chi connectivity index (χ1n) is 14.0. The Bertz CT molecular complexity index is 1410. The number of aromatic nitrogens is 2. The number of nitrogens with zero attached hydrogens (tertiary/aromatic N) is 4. The average Bonchev–Trinajstić information content (AvgIpc) is 3.29. The lowest BCUT2D eigenvalue weighted by Gasteiger charge is -2.41. The number of aliphatic carboxylic acids is 2. The second kappa shape index (κ2) is 12.5. The van der Waals surface area contributed by atoms with Crippen LogP contribution in [-0.2, 0) is 14.3 Å². The van der Waals surface area contributed by atoms with E-state index < -0.39 is 41.6 Å². The number of halogens is 1. The Balaban J connectivity index is 1.79. The number of alkyl halides is 1. The van der Waals surface area contributed by atoms with Crippen LogP contribution in [0.15, 0.2) is 18.2 Å². The second-order valence-corrected chi connectivity index (χ2v) is 11.4. The lowest BCUT2D eigenvalue weighted by Crippen LogP contribution is -2.52. The third-order valence-corrected chi connectivity index (χ3v) is 8.46. The van der Waals surface area contributed by atoms with Crippen LogP contribution < -0.4 is 10.2 Å². The molecule has 2 fully saturated rings. The first-order chi connectivity index (χ1) is 19.9. The quantitative estimate of drug-likeness (QED) is 0.294. The third kappa shape index (κ3) is 6.25. The van der Waals surface area contributed by atoms with Gasteiger partial charge in [0.2, 0.25) is 5.78 Å². The molecule has 1 atom stereocenters. The first kappa shape index (κ1) is 30.9. The Labute approximate surface area is 243 Å². The maximum Gasteiger partial charge on any atom is 0.407 e. The number of hydrogen-bond donors (Lipinski definition) is 3. The smallest absolute Gasteiger partial charge is 0.407 e. The highest BCUT2D eigenvalue weighted by Crippen LogP contribution is 2.40. The number of fused-ring (bicyclic) bond motifs is 1. The van der Waals surface area contributed by atoms with Crippen LogP contribution in [0.4, 0.5) is 14.9 Å². The molecule has 0 radical (unpaired) electrons. The summed E-state index contributed by atoms with van der Waals surface area (Å²) in [5, 5.41) is 22.4. The first-order valence-corrected chi connectivity index (χ1v) is 14.0. The zero-order chi connectivity index (χ0) is 30.8. The minimum atomic E-state index is -1.52. The van der Waals surface area contributed by atoms with Crippen LogP contribution in [0.3, 0.4) is 0 Å². The number of anilines is 1. The van der Waals surface area contributed by atoms with E-state index >= 15 is 0 Å². The van der Waals surface area contributed by atoms with Crippen LogP contribution in [0.2, 0.25) is 0 Å². The number of hydrogen-bond acceptors (Lipinski definition) is 8. The molecule has 1 aromatic carbocycles. The number of Topliss-reactive ketones (excluding diaryl/α,β-unsaturated/α-hetero) is 1. The van der Waals surface area contributed by atoms with Crippen molar-refractivity contribution in [2.45, 2.75) is 58.5 Å². The van der Waals surface area contributed by atoms with Gasteiger partial charge in [0.05, 0.1) is 24.2 Å². The van der Waals surface area contributed by atoms with Crippen molar-refractivity contribution < 1.29 is 38.5 Å². The van der Waals surface area contributed by atoms with Crippen molar-refractivity contribution in [3.8, 4) is 0 Å². The van der Waals surface area contributed by atoms with Crippen molar-refractivity contribution in [2.24, 2.45) is 5.41 Å². The minimum absolute atomic E-state index is 0.0279. The topological polar surface area (TPSA) is 154 Å². The van der Waals surface area contributed by atoms with Gasteiger partial charge in [-0.15, -0.1) is 0 Å². The number of carboxylic acid groups (broad SMARTS) is 2. The molecule has 1 aromatic heterocycles. The molecule has 1 amide bonds. The van der Waals surface area contributed by atoms with Gasteiger partial charge < -0.3 is 25.2 Å². The standard InChI is InChI=1S/C29H38FN5O7/c1-17-13-20-22(14-21(17)34-12-11-33(10-9-30)16-18(34)2)35(23(27(39)40)15-24(36)37)26(32-20)25(38)29(3)7-5-19(6-8-29)31-28(41)42-4/h13-15,18-19H,5-12,16H2,1-4H3,(H,31,41)(H,36,37)(H,39,40)/b23-15-/t18-,19?,29?/m0/s1. The Morgan fingerprint density at radius 1 is 1.19 bits per heavy atom. The van der Waals surface area contributed by atoms with Crippen molar-refractivity contribution in [1.82, 2.24) is 19.8 Å². The van der Waals surface area contributed by atoms with Crippen LogP contribution in [-0.4, -0.2) is 101 Å². The fraction of sp³-hybridized carbons (Fsp3) is 0.552. The number of amides is 1. The maximum atomic E-state index is 14.1. The summed E-state index contributed by atoms with van der Waals surface area (Å²) in [7, 11) is 1.28. The van der Waals surface area contributed by atoms with Crippen molar-refractivity contribution in [1.29, 1.82) is 0 Å². The molecule has 1 aliphatic heterocycles. The van der Waals surface area contributed by atoms with Gasteiger partial charge in [0, 0.05) is 49.4 Å². The van der Waals surface area contributed by atoms with Gasteiger partial charge in [-0.25, -0.2) is 23.8 Å². The van der Waals surface area contributed by atoms with E-state index in [1.807, 2.05) is 18.7 Å². The molecule has 1 saturated carbocycles. The summed E-state index contributed by atoms with van der Waals surface area (Å²) in [6.07, 6.45) is 1.83. The Hall–Kier alpha value is -4.00. The minimum Gasteiger partial charge on any atom is -0.478 e. The number of rotatable bonds is 9. The SMILES string of the molecule is COC(=O)NC1CCC(C)(C(=O)c2nc3cc(C)c(N4CCN(CCF)C[C@@H]4C)cc3n2/C(=C\C(=O)O)C(=O)O)CC1. The molecule has 2 heterocycles. The molecule has 1 aliphatic carbocycles. The molecular formula is C29H38FN5O7. The van der Waals surface area contributed by atoms with E-state index in [0.29, 0.717) is 69.0 Å². The highest BCUT2D eigenvalue weighted by atomic mass is 19.1. The van der Waals surface area contributed by atoms with Crippen molar-refractivity contribution in [3.63, 3.8) is 0 Å². The van der Waals surface area contributed by atoms with Gasteiger partial charge >= 0.3 is 18.0 Å².